The van der Waals surface area contributed by atoms with Gasteiger partial charge in [0.25, 0.3) is 5.56 Å². The summed E-state index contributed by atoms with van der Waals surface area (Å²) in [5.41, 5.74) is 1.14. The van der Waals surface area contributed by atoms with Gasteiger partial charge in [0.05, 0.1) is 17.6 Å². The maximum absolute atomic E-state index is 12.4. The number of hydrogen-bond donors (Lipinski definition) is 1. The standard InChI is InChI=1S/C17H19N3O3S2/c1-10(8-18)23-14(21)6-7-24-9-13-19-16(22)15-11-4-2-3-5-12(11)25-17(15)20-13/h10H,2-7,9H2,1H3,(H,19,20,22)/t10-/m0/s1. The zero-order valence-electron chi connectivity index (χ0n) is 14.0. The number of aromatic amines is 1. The molecule has 0 spiro atoms. The fraction of sp³-hybridized carbons (Fsp3) is 0.529. The molecule has 0 amide bonds. The molecule has 1 aliphatic rings. The number of aryl methyl sites for hydroxylation is 2. The zero-order chi connectivity index (χ0) is 17.8. The number of hydrogen-bond acceptors (Lipinski definition) is 7. The molecule has 0 fully saturated rings. The minimum Gasteiger partial charge on any atom is -0.447 e. The van der Waals surface area contributed by atoms with Crippen molar-refractivity contribution in [3.63, 3.8) is 0 Å². The number of nitriles is 1. The zero-order valence-corrected chi connectivity index (χ0v) is 15.6. The lowest BCUT2D eigenvalue weighted by Gasteiger charge is -2.09. The van der Waals surface area contributed by atoms with Gasteiger partial charge in [-0.05, 0) is 38.2 Å². The van der Waals surface area contributed by atoms with E-state index < -0.39 is 6.10 Å². The third kappa shape index (κ3) is 4.22. The molecule has 132 valence electrons. The van der Waals surface area contributed by atoms with Crippen molar-refractivity contribution in [2.45, 2.75) is 50.9 Å². The van der Waals surface area contributed by atoms with Gasteiger partial charge in [-0.3, -0.25) is 9.59 Å². The number of aromatic nitrogens is 2. The summed E-state index contributed by atoms with van der Waals surface area (Å²) in [6.45, 7) is 1.54. The molecule has 0 radical (unpaired) electrons. The van der Waals surface area contributed by atoms with Crippen LogP contribution in [-0.2, 0) is 28.1 Å². The van der Waals surface area contributed by atoms with Crippen molar-refractivity contribution >= 4 is 39.3 Å². The summed E-state index contributed by atoms with van der Waals surface area (Å²) in [5, 5.41) is 9.37. The molecule has 2 heterocycles. The smallest absolute Gasteiger partial charge is 0.307 e. The second-order valence-electron chi connectivity index (χ2n) is 5.97. The first kappa shape index (κ1) is 18.0. The lowest BCUT2D eigenvalue weighted by molar-refractivity contribution is -0.145. The van der Waals surface area contributed by atoms with Crippen LogP contribution in [-0.4, -0.2) is 27.8 Å². The Hall–Kier alpha value is -1.85. The molecule has 1 aliphatic carbocycles. The van der Waals surface area contributed by atoms with Crippen LogP contribution < -0.4 is 5.56 Å². The molecule has 1 N–H and O–H groups in total. The van der Waals surface area contributed by atoms with Crippen molar-refractivity contribution in [1.82, 2.24) is 9.97 Å². The summed E-state index contributed by atoms with van der Waals surface area (Å²) in [6.07, 6.45) is 3.84. The summed E-state index contributed by atoms with van der Waals surface area (Å²) >= 11 is 3.15. The fourth-order valence-corrected chi connectivity index (χ4v) is 4.95. The van der Waals surface area contributed by atoms with E-state index in [9.17, 15) is 9.59 Å². The van der Waals surface area contributed by atoms with Gasteiger partial charge in [-0.2, -0.15) is 17.0 Å². The third-order valence-electron chi connectivity index (χ3n) is 4.05. The predicted molar refractivity (Wildman–Crippen MR) is 98.8 cm³/mol. The predicted octanol–water partition coefficient (Wildman–Crippen LogP) is 2.94. The second kappa shape index (κ2) is 8.02. The van der Waals surface area contributed by atoms with E-state index in [1.54, 1.807) is 11.3 Å². The highest BCUT2D eigenvalue weighted by atomic mass is 32.2. The summed E-state index contributed by atoms with van der Waals surface area (Å²) in [5.74, 6) is 1.35. The summed E-state index contributed by atoms with van der Waals surface area (Å²) in [7, 11) is 0. The third-order valence-corrected chi connectivity index (χ3v) is 6.21. The molecule has 2 aromatic heterocycles. The Balaban J connectivity index is 1.60. The van der Waals surface area contributed by atoms with Crippen LogP contribution in [0.15, 0.2) is 4.79 Å². The molecule has 1 atom stereocenters. The van der Waals surface area contributed by atoms with Crippen LogP contribution in [0.3, 0.4) is 0 Å². The molecular formula is C17H19N3O3S2. The molecule has 3 rings (SSSR count). The molecule has 2 aromatic rings. The van der Waals surface area contributed by atoms with Gasteiger partial charge in [0.2, 0.25) is 0 Å². The Labute approximate surface area is 153 Å². The molecule has 0 saturated carbocycles. The van der Waals surface area contributed by atoms with Crippen molar-refractivity contribution in [2.75, 3.05) is 5.75 Å². The van der Waals surface area contributed by atoms with Crippen molar-refractivity contribution in [3.8, 4) is 6.07 Å². The van der Waals surface area contributed by atoms with Gasteiger partial charge in [0.1, 0.15) is 16.7 Å². The van der Waals surface area contributed by atoms with Gasteiger partial charge >= 0.3 is 5.97 Å². The van der Waals surface area contributed by atoms with Crippen LogP contribution in [0, 0.1) is 11.3 Å². The molecule has 0 bridgehead atoms. The Morgan fingerprint density at radius 3 is 3.08 bits per heavy atom. The largest absolute Gasteiger partial charge is 0.447 e. The normalized spacial score (nSPS) is 14.7. The number of fused-ring (bicyclic) bond motifs is 3. The highest BCUT2D eigenvalue weighted by molar-refractivity contribution is 7.98. The van der Waals surface area contributed by atoms with Crippen molar-refractivity contribution in [1.29, 1.82) is 5.26 Å². The van der Waals surface area contributed by atoms with E-state index in [1.165, 1.54) is 35.5 Å². The lowest BCUT2D eigenvalue weighted by Crippen LogP contribution is -2.14. The Bertz CT molecular complexity index is 882. The van der Waals surface area contributed by atoms with Crippen LogP contribution in [0.25, 0.3) is 10.2 Å². The van der Waals surface area contributed by atoms with Crippen LogP contribution in [0.5, 0.6) is 0 Å². The van der Waals surface area contributed by atoms with E-state index in [4.69, 9.17) is 10.00 Å². The Morgan fingerprint density at radius 2 is 2.28 bits per heavy atom. The number of H-pyrrole nitrogens is 1. The van der Waals surface area contributed by atoms with Crippen LogP contribution >= 0.6 is 23.1 Å². The first-order valence-corrected chi connectivity index (χ1v) is 10.3. The minimum atomic E-state index is -0.720. The quantitative estimate of drug-likeness (QED) is 0.614. The number of carbonyl (C=O) groups is 1. The maximum Gasteiger partial charge on any atom is 0.307 e. The van der Waals surface area contributed by atoms with Gasteiger partial charge in [-0.25, -0.2) is 4.98 Å². The minimum absolute atomic E-state index is 0.0535. The van der Waals surface area contributed by atoms with Gasteiger partial charge in [0, 0.05) is 10.6 Å². The maximum atomic E-state index is 12.4. The van der Waals surface area contributed by atoms with Crippen LogP contribution in [0.1, 0.15) is 42.5 Å². The average Bonchev–Trinajstić information content (AvgIpc) is 2.97. The van der Waals surface area contributed by atoms with Crippen LogP contribution in [0.2, 0.25) is 0 Å². The van der Waals surface area contributed by atoms with Gasteiger partial charge in [-0.15, -0.1) is 11.3 Å². The second-order valence-corrected chi connectivity index (χ2v) is 8.16. The number of thiophene rings is 1. The summed E-state index contributed by atoms with van der Waals surface area (Å²) < 4.78 is 4.89. The topological polar surface area (TPSA) is 95.8 Å². The first-order chi connectivity index (χ1) is 12.1. The number of thioether (sulfide) groups is 1. The van der Waals surface area contributed by atoms with E-state index in [2.05, 4.69) is 9.97 Å². The lowest BCUT2D eigenvalue weighted by atomic mass is 9.97. The molecule has 0 unspecified atom stereocenters. The molecule has 25 heavy (non-hydrogen) atoms. The van der Waals surface area contributed by atoms with Crippen molar-refractivity contribution in [3.05, 3.63) is 26.6 Å². The molecule has 0 aromatic carbocycles. The van der Waals surface area contributed by atoms with E-state index in [0.29, 0.717) is 17.3 Å². The van der Waals surface area contributed by atoms with E-state index in [1.807, 2.05) is 6.07 Å². The summed E-state index contributed by atoms with van der Waals surface area (Å²) in [6, 6.07) is 1.86. The van der Waals surface area contributed by atoms with E-state index in [-0.39, 0.29) is 17.9 Å². The number of rotatable bonds is 6. The first-order valence-electron chi connectivity index (χ1n) is 8.28. The molecule has 0 aliphatic heterocycles. The molecular weight excluding hydrogens is 358 g/mol. The molecule has 6 nitrogen and oxygen atoms in total. The number of nitrogens with zero attached hydrogens (tertiary/aromatic N) is 2. The highest BCUT2D eigenvalue weighted by Crippen LogP contribution is 2.33. The number of esters is 1. The van der Waals surface area contributed by atoms with Crippen molar-refractivity contribution in [2.24, 2.45) is 0 Å². The molecule has 0 saturated heterocycles. The number of ether oxygens (including phenoxy) is 1. The number of carbonyl (C=O) groups excluding carboxylic acids is 1. The van der Waals surface area contributed by atoms with Crippen LogP contribution in [0.4, 0.5) is 0 Å². The van der Waals surface area contributed by atoms with Gasteiger partial charge in [-0.1, -0.05) is 0 Å². The van der Waals surface area contributed by atoms with Crippen molar-refractivity contribution < 1.29 is 9.53 Å². The summed E-state index contributed by atoms with van der Waals surface area (Å²) in [4.78, 5) is 33.5. The van der Waals surface area contributed by atoms with Gasteiger partial charge < -0.3 is 9.72 Å². The van der Waals surface area contributed by atoms with E-state index in [0.717, 1.165) is 29.5 Å². The highest BCUT2D eigenvalue weighted by Gasteiger charge is 2.19. The average molecular weight is 377 g/mol. The Kier molecular flexibility index (Phi) is 5.76. The van der Waals surface area contributed by atoms with Gasteiger partial charge in [0.15, 0.2) is 6.10 Å². The fourth-order valence-electron chi connectivity index (χ4n) is 2.88. The SMILES string of the molecule is C[C@@H](C#N)OC(=O)CCSCc1nc2sc3c(c2c(=O)[nH]1)CCCC3. The Morgan fingerprint density at radius 1 is 1.48 bits per heavy atom. The monoisotopic (exact) mass is 377 g/mol. The van der Waals surface area contributed by atoms with E-state index >= 15 is 0 Å². The number of nitrogens with one attached hydrogen (secondary N) is 1. The molecule has 8 heteroatoms.